The summed E-state index contributed by atoms with van der Waals surface area (Å²) in [5.41, 5.74) is -0.188. The van der Waals surface area contributed by atoms with E-state index in [2.05, 4.69) is 25.2 Å². The number of hydrogen-bond donors (Lipinski definition) is 1. The second kappa shape index (κ2) is 7.88. The van der Waals surface area contributed by atoms with Crippen LogP contribution in [0.25, 0.3) is 31.0 Å². The van der Waals surface area contributed by atoms with Gasteiger partial charge in [-0.1, -0.05) is 6.07 Å². The van der Waals surface area contributed by atoms with Crippen LogP contribution < -0.4 is 15.0 Å². The highest BCUT2D eigenvalue weighted by molar-refractivity contribution is 7.26. The van der Waals surface area contributed by atoms with Gasteiger partial charge in [-0.05, 0) is 24.4 Å². The molecule has 1 N–H and O–H groups in total. The maximum atomic E-state index is 14.1. The lowest BCUT2D eigenvalue weighted by Crippen LogP contribution is -2.44. The van der Waals surface area contributed by atoms with Gasteiger partial charge < -0.3 is 15.0 Å². The molecule has 0 atom stereocenters. The smallest absolute Gasteiger partial charge is 0.417 e. The number of ether oxygens (including phenoxy) is 1. The van der Waals surface area contributed by atoms with Crippen LogP contribution in [0, 0.1) is 0 Å². The minimum Gasteiger partial charge on any atom is -0.464 e. The zero-order chi connectivity index (χ0) is 21.6. The average Bonchev–Trinajstić information content (AvgIpc) is 3.41. The Hall–Kier alpha value is -2.50. The van der Waals surface area contributed by atoms with Gasteiger partial charge in [0.05, 0.1) is 32.8 Å². The molecule has 0 bridgehead atoms. The molecule has 162 valence electrons. The third kappa shape index (κ3) is 3.70. The van der Waals surface area contributed by atoms with Gasteiger partial charge in [-0.3, -0.25) is 0 Å². The second-order valence-corrected chi connectivity index (χ2v) is 8.94. The number of nitrogens with zero attached hydrogens (tertiary/aromatic N) is 4. The molecule has 1 fully saturated rings. The van der Waals surface area contributed by atoms with E-state index in [1.54, 1.807) is 19.1 Å². The SMILES string of the molecule is CCOc1nc(N2CCNCC2)c2sc3nc(-c4cccs4)cc(C(F)(F)F)c3c2n1. The Kier molecular flexibility index (Phi) is 5.19. The first-order valence-electron chi connectivity index (χ1n) is 9.80. The Morgan fingerprint density at radius 3 is 2.68 bits per heavy atom. The molecular formula is C20H18F3N5OS2. The summed E-state index contributed by atoms with van der Waals surface area (Å²) in [6, 6.07) is 4.77. The standard InChI is InChI=1S/C20H18F3N5OS2/c1-2-29-19-26-15-14-11(20(21,22)23)10-12(13-4-3-9-30-13)25-18(14)31-16(15)17(27-19)28-7-5-24-6-8-28/h3-4,9-10,24H,2,5-8H2,1H3. The molecule has 1 aliphatic rings. The third-order valence-corrected chi connectivity index (χ3v) is 6.98. The van der Waals surface area contributed by atoms with Crippen molar-refractivity contribution in [1.29, 1.82) is 0 Å². The number of anilines is 1. The van der Waals surface area contributed by atoms with Crippen molar-refractivity contribution in [3.05, 3.63) is 29.1 Å². The summed E-state index contributed by atoms with van der Waals surface area (Å²) < 4.78 is 48.5. The predicted octanol–water partition coefficient (Wildman–Crippen LogP) is 4.80. The quantitative estimate of drug-likeness (QED) is 0.467. The molecule has 0 aromatic carbocycles. The van der Waals surface area contributed by atoms with Gasteiger partial charge in [0.2, 0.25) is 0 Å². The number of alkyl halides is 3. The zero-order valence-electron chi connectivity index (χ0n) is 16.5. The van der Waals surface area contributed by atoms with E-state index in [0.717, 1.165) is 19.2 Å². The van der Waals surface area contributed by atoms with Crippen LogP contribution in [0.15, 0.2) is 23.6 Å². The van der Waals surface area contributed by atoms with Crippen LogP contribution in [0.4, 0.5) is 19.0 Å². The van der Waals surface area contributed by atoms with E-state index in [1.807, 2.05) is 5.38 Å². The largest absolute Gasteiger partial charge is 0.464 e. The molecule has 0 amide bonds. The van der Waals surface area contributed by atoms with Crippen molar-refractivity contribution in [3.8, 4) is 16.6 Å². The monoisotopic (exact) mass is 465 g/mol. The summed E-state index contributed by atoms with van der Waals surface area (Å²) in [7, 11) is 0. The molecule has 1 aliphatic heterocycles. The number of aromatic nitrogens is 3. The summed E-state index contributed by atoms with van der Waals surface area (Å²) in [6.07, 6.45) is -4.55. The molecular weight excluding hydrogens is 447 g/mol. The summed E-state index contributed by atoms with van der Waals surface area (Å²) in [5, 5.41) is 5.11. The van der Waals surface area contributed by atoms with Crippen LogP contribution in [0.2, 0.25) is 0 Å². The first-order chi connectivity index (χ1) is 15.0. The lowest BCUT2D eigenvalue weighted by atomic mass is 10.1. The van der Waals surface area contributed by atoms with E-state index in [9.17, 15) is 13.2 Å². The van der Waals surface area contributed by atoms with Crippen molar-refractivity contribution in [1.82, 2.24) is 20.3 Å². The predicted molar refractivity (Wildman–Crippen MR) is 117 cm³/mol. The molecule has 4 aromatic rings. The van der Waals surface area contributed by atoms with E-state index in [0.29, 0.717) is 45.6 Å². The Morgan fingerprint density at radius 1 is 1.19 bits per heavy atom. The van der Waals surface area contributed by atoms with Crippen LogP contribution in [0.3, 0.4) is 0 Å². The Balaban J connectivity index is 1.83. The zero-order valence-corrected chi connectivity index (χ0v) is 18.1. The number of nitrogens with one attached hydrogen (secondary N) is 1. The number of fused-ring (bicyclic) bond motifs is 3. The van der Waals surface area contributed by atoms with E-state index < -0.39 is 11.7 Å². The van der Waals surface area contributed by atoms with Gasteiger partial charge in [-0.25, -0.2) is 4.98 Å². The maximum Gasteiger partial charge on any atom is 0.417 e. The summed E-state index contributed by atoms with van der Waals surface area (Å²) in [6.45, 7) is 5.06. The molecule has 0 spiro atoms. The van der Waals surface area contributed by atoms with E-state index in [4.69, 9.17) is 4.74 Å². The Labute approximate surface area is 183 Å². The summed E-state index contributed by atoms with van der Waals surface area (Å²) in [5.74, 6) is 0.601. The van der Waals surface area contributed by atoms with E-state index >= 15 is 0 Å². The fourth-order valence-corrected chi connectivity index (χ4v) is 5.50. The molecule has 31 heavy (non-hydrogen) atoms. The second-order valence-electron chi connectivity index (χ2n) is 6.99. The number of halogens is 3. The minimum atomic E-state index is -4.55. The molecule has 0 saturated carbocycles. The first-order valence-corrected chi connectivity index (χ1v) is 11.5. The van der Waals surface area contributed by atoms with Crippen molar-refractivity contribution >= 4 is 48.9 Å². The molecule has 0 unspecified atom stereocenters. The highest BCUT2D eigenvalue weighted by Crippen LogP contribution is 2.45. The highest BCUT2D eigenvalue weighted by Gasteiger charge is 2.36. The van der Waals surface area contributed by atoms with Gasteiger partial charge in [0.25, 0.3) is 0 Å². The molecule has 5 rings (SSSR count). The van der Waals surface area contributed by atoms with Crippen LogP contribution in [-0.2, 0) is 6.18 Å². The number of thiophene rings is 2. The van der Waals surface area contributed by atoms with Gasteiger partial charge in [0, 0.05) is 26.2 Å². The van der Waals surface area contributed by atoms with Crippen LogP contribution >= 0.6 is 22.7 Å². The van der Waals surface area contributed by atoms with Gasteiger partial charge in [-0.2, -0.15) is 23.1 Å². The van der Waals surface area contributed by atoms with E-state index in [1.165, 1.54) is 22.7 Å². The van der Waals surface area contributed by atoms with Gasteiger partial charge >= 0.3 is 12.2 Å². The molecule has 4 aromatic heterocycles. The summed E-state index contributed by atoms with van der Waals surface area (Å²) >= 11 is 2.56. The van der Waals surface area contributed by atoms with Crippen LogP contribution in [0.5, 0.6) is 6.01 Å². The molecule has 1 saturated heterocycles. The lowest BCUT2D eigenvalue weighted by Gasteiger charge is -2.28. The molecule has 5 heterocycles. The van der Waals surface area contributed by atoms with Crippen LogP contribution in [-0.4, -0.2) is 47.7 Å². The number of hydrogen-bond acceptors (Lipinski definition) is 8. The van der Waals surface area contributed by atoms with Crippen molar-refractivity contribution in [2.45, 2.75) is 13.1 Å². The van der Waals surface area contributed by atoms with Crippen molar-refractivity contribution < 1.29 is 17.9 Å². The molecule has 0 radical (unpaired) electrons. The van der Waals surface area contributed by atoms with Gasteiger partial charge in [0.1, 0.15) is 10.3 Å². The Morgan fingerprint density at radius 2 is 2.00 bits per heavy atom. The summed E-state index contributed by atoms with van der Waals surface area (Å²) in [4.78, 5) is 16.5. The fraction of sp³-hybridized carbons (Fsp3) is 0.350. The minimum absolute atomic E-state index is 0.00698. The normalized spacial score (nSPS) is 15.2. The van der Waals surface area contributed by atoms with Crippen molar-refractivity contribution in [3.63, 3.8) is 0 Å². The Bertz CT molecular complexity index is 1230. The average molecular weight is 466 g/mol. The number of piperazine rings is 1. The van der Waals surface area contributed by atoms with Crippen molar-refractivity contribution in [2.24, 2.45) is 0 Å². The van der Waals surface area contributed by atoms with E-state index in [-0.39, 0.29) is 16.9 Å². The van der Waals surface area contributed by atoms with Crippen LogP contribution in [0.1, 0.15) is 12.5 Å². The number of pyridine rings is 1. The molecule has 0 aliphatic carbocycles. The first kappa shape index (κ1) is 20.4. The topological polar surface area (TPSA) is 63.2 Å². The lowest BCUT2D eigenvalue weighted by molar-refractivity contribution is -0.136. The molecule has 6 nitrogen and oxygen atoms in total. The third-order valence-electron chi connectivity index (χ3n) is 5.02. The van der Waals surface area contributed by atoms with Gasteiger partial charge in [-0.15, -0.1) is 22.7 Å². The maximum absolute atomic E-state index is 14.1. The highest BCUT2D eigenvalue weighted by atomic mass is 32.1. The fourth-order valence-electron chi connectivity index (χ4n) is 3.66. The molecule has 11 heteroatoms. The number of rotatable bonds is 4. The van der Waals surface area contributed by atoms with Crippen molar-refractivity contribution in [2.75, 3.05) is 37.7 Å². The van der Waals surface area contributed by atoms with Gasteiger partial charge in [0.15, 0.2) is 5.82 Å².